The van der Waals surface area contributed by atoms with Gasteiger partial charge >= 0.3 is 0 Å². The molecule has 0 aliphatic carbocycles. The third-order valence-corrected chi connectivity index (χ3v) is 5.41. The van der Waals surface area contributed by atoms with Crippen molar-refractivity contribution in [3.05, 3.63) is 56.6 Å². The van der Waals surface area contributed by atoms with Crippen LogP contribution in [0.1, 0.15) is 6.92 Å². The number of benzene rings is 2. The van der Waals surface area contributed by atoms with E-state index in [9.17, 15) is 14.9 Å². The number of rotatable bonds is 8. The Labute approximate surface area is 190 Å². The average Bonchev–Trinajstić information content (AvgIpc) is 3.08. The summed E-state index contributed by atoms with van der Waals surface area (Å²) in [5.74, 6) is 6.09. The van der Waals surface area contributed by atoms with E-state index in [4.69, 9.17) is 33.8 Å². The number of hydrogen-bond acceptors (Lipinski definition) is 8. The first-order chi connectivity index (χ1) is 14.8. The molecular weight excluding hydrogens is 467 g/mol. The summed E-state index contributed by atoms with van der Waals surface area (Å²) in [7, 11) is 0. The van der Waals surface area contributed by atoms with Crippen molar-refractivity contribution in [2.24, 2.45) is 0 Å². The lowest BCUT2D eigenvalue weighted by Crippen LogP contribution is -2.17. The number of nitrogen functional groups attached to an aromatic ring is 1. The fourth-order valence-electron chi connectivity index (χ4n) is 2.57. The molecule has 10 nitrogen and oxygen atoms in total. The number of carbonyl (C=O) groups excluding carboxylic acids is 1. The molecule has 0 saturated carbocycles. The van der Waals surface area contributed by atoms with Gasteiger partial charge in [-0.1, -0.05) is 35.0 Å². The molecule has 2 aromatic carbocycles. The predicted molar refractivity (Wildman–Crippen MR) is 119 cm³/mol. The minimum atomic E-state index is -0.593. The van der Waals surface area contributed by atoms with E-state index in [-0.39, 0.29) is 22.3 Å². The molecule has 31 heavy (non-hydrogen) atoms. The van der Waals surface area contributed by atoms with E-state index >= 15 is 0 Å². The highest BCUT2D eigenvalue weighted by atomic mass is 35.5. The second-order valence-corrected chi connectivity index (χ2v) is 7.79. The molecule has 0 unspecified atom stereocenters. The summed E-state index contributed by atoms with van der Waals surface area (Å²) in [6.45, 7) is 2.13. The second-order valence-electron chi connectivity index (χ2n) is 6.01. The zero-order chi connectivity index (χ0) is 22.5. The SMILES string of the molecule is CCOc1ccc(NC(=O)CSc2nnc(-c3ccc(Cl)cc3Cl)n2N)c([N+](=O)[O-])c1. The van der Waals surface area contributed by atoms with E-state index < -0.39 is 10.8 Å². The molecule has 13 heteroatoms. The van der Waals surface area contributed by atoms with Gasteiger partial charge in [-0.25, -0.2) is 4.68 Å². The van der Waals surface area contributed by atoms with Crippen LogP contribution in [0.25, 0.3) is 11.4 Å². The van der Waals surface area contributed by atoms with Crippen molar-refractivity contribution in [3.63, 3.8) is 0 Å². The number of thioether (sulfide) groups is 1. The van der Waals surface area contributed by atoms with Crippen molar-refractivity contribution in [3.8, 4) is 17.1 Å². The standard InChI is InChI=1S/C18H16Cl2N6O4S/c1-2-30-11-4-6-14(15(8-11)26(28)29)22-16(27)9-31-18-24-23-17(25(18)21)12-5-3-10(19)7-13(12)20/h3-8H,2,9,21H2,1H3,(H,22,27). The van der Waals surface area contributed by atoms with E-state index in [1.165, 1.54) is 22.9 Å². The minimum Gasteiger partial charge on any atom is -0.494 e. The third-order valence-electron chi connectivity index (χ3n) is 3.92. The van der Waals surface area contributed by atoms with E-state index in [1.54, 1.807) is 25.1 Å². The molecule has 3 N–H and O–H groups in total. The number of nitro groups is 1. The Morgan fingerprint density at radius 3 is 2.74 bits per heavy atom. The van der Waals surface area contributed by atoms with Crippen LogP contribution in [-0.2, 0) is 4.79 Å². The summed E-state index contributed by atoms with van der Waals surface area (Å²) in [5, 5.41) is 22.9. The monoisotopic (exact) mass is 482 g/mol. The number of nitro benzene ring substituents is 1. The van der Waals surface area contributed by atoms with Gasteiger partial charge < -0.3 is 15.9 Å². The molecule has 0 spiro atoms. The molecule has 0 aliphatic heterocycles. The second kappa shape index (κ2) is 9.86. The fraction of sp³-hybridized carbons (Fsp3) is 0.167. The number of amides is 1. The largest absolute Gasteiger partial charge is 0.494 e. The molecule has 162 valence electrons. The summed E-state index contributed by atoms with van der Waals surface area (Å²) < 4.78 is 6.46. The number of aromatic nitrogens is 3. The van der Waals surface area contributed by atoms with Crippen molar-refractivity contribution in [2.75, 3.05) is 23.5 Å². The molecule has 0 saturated heterocycles. The minimum absolute atomic E-state index is 0.0573. The van der Waals surface area contributed by atoms with Crippen molar-refractivity contribution < 1.29 is 14.5 Å². The highest BCUT2D eigenvalue weighted by Gasteiger charge is 2.19. The Morgan fingerprint density at radius 1 is 1.29 bits per heavy atom. The van der Waals surface area contributed by atoms with Crippen molar-refractivity contribution >= 4 is 52.2 Å². The molecule has 1 aromatic heterocycles. The Kier molecular flexibility index (Phi) is 7.21. The molecule has 1 heterocycles. The maximum atomic E-state index is 12.3. The number of ether oxygens (including phenoxy) is 1. The quantitative estimate of drug-likeness (QED) is 0.212. The molecule has 0 bridgehead atoms. The van der Waals surface area contributed by atoms with Gasteiger partial charge in [0.05, 0.1) is 28.4 Å². The molecule has 0 radical (unpaired) electrons. The van der Waals surface area contributed by atoms with Crippen LogP contribution in [0.4, 0.5) is 11.4 Å². The first-order valence-electron chi connectivity index (χ1n) is 8.80. The van der Waals surface area contributed by atoms with Gasteiger partial charge in [0.2, 0.25) is 11.1 Å². The van der Waals surface area contributed by atoms with Gasteiger partial charge in [0.1, 0.15) is 11.4 Å². The number of halogens is 2. The highest BCUT2D eigenvalue weighted by Crippen LogP contribution is 2.31. The number of nitrogens with two attached hydrogens (primary N) is 1. The van der Waals surface area contributed by atoms with Crippen LogP contribution >= 0.6 is 35.0 Å². The normalized spacial score (nSPS) is 10.7. The molecule has 0 atom stereocenters. The smallest absolute Gasteiger partial charge is 0.296 e. The lowest BCUT2D eigenvalue weighted by Gasteiger charge is -2.08. The lowest BCUT2D eigenvalue weighted by molar-refractivity contribution is -0.384. The van der Waals surface area contributed by atoms with Gasteiger partial charge in [-0.3, -0.25) is 14.9 Å². The predicted octanol–water partition coefficient (Wildman–Crippen LogP) is 4.00. The Balaban J connectivity index is 1.69. The summed E-state index contributed by atoms with van der Waals surface area (Å²) >= 11 is 13.1. The molecule has 3 rings (SSSR count). The van der Waals surface area contributed by atoms with E-state index in [0.717, 1.165) is 11.8 Å². The number of nitrogens with one attached hydrogen (secondary N) is 1. The van der Waals surface area contributed by atoms with Crippen LogP contribution in [0.15, 0.2) is 41.6 Å². The van der Waals surface area contributed by atoms with Crippen LogP contribution in [0.2, 0.25) is 10.0 Å². The van der Waals surface area contributed by atoms with Crippen LogP contribution in [0.3, 0.4) is 0 Å². The summed E-state index contributed by atoms with van der Waals surface area (Å²) in [6.07, 6.45) is 0. The number of anilines is 1. The van der Waals surface area contributed by atoms with E-state index in [1.807, 2.05) is 0 Å². The van der Waals surface area contributed by atoms with Crippen LogP contribution in [-0.4, -0.2) is 38.1 Å². The first-order valence-corrected chi connectivity index (χ1v) is 10.5. The Morgan fingerprint density at radius 2 is 2.06 bits per heavy atom. The van der Waals surface area contributed by atoms with Gasteiger partial charge in [-0.2, -0.15) is 0 Å². The highest BCUT2D eigenvalue weighted by molar-refractivity contribution is 7.99. The fourth-order valence-corrected chi connectivity index (χ4v) is 3.72. The van der Waals surface area contributed by atoms with Crippen molar-refractivity contribution in [1.29, 1.82) is 0 Å². The zero-order valence-corrected chi connectivity index (χ0v) is 18.4. The maximum Gasteiger partial charge on any atom is 0.296 e. The summed E-state index contributed by atoms with van der Waals surface area (Å²) in [4.78, 5) is 23.0. The Bertz CT molecular complexity index is 1140. The summed E-state index contributed by atoms with van der Waals surface area (Å²) in [6, 6.07) is 9.06. The first kappa shape index (κ1) is 22.7. The van der Waals surface area contributed by atoms with Gasteiger partial charge in [0, 0.05) is 10.6 Å². The van der Waals surface area contributed by atoms with Crippen LogP contribution in [0, 0.1) is 10.1 Å². The van der Waals surface area contributed by atoms with E-state index in [0.29, 0.717) is 33.8 Å². The van der Waals surface area contributed by atoms with Gasteiger partial charge in [0.15, 0.2) is 5.82 Å². The lowest BCUT2D eigenvalue weighted by atomic mass is 10.2. The molecule has 0 aliphatic rings. The van der Waals surface area contributed by atoms with Crippen molar-refractivity contribution in [2.45, 2.75) is 12.1 Å². The number of carbonyl (C=O) groups is 1. The topological polar surface area (TPSA) is 138 Å². The van der Waals surface area contributed by atoms with Gasteiger partial charge in [-0.05, 0) is 37.3 Å². The third kappa shape index (κ3) is 5.37. The molecule has 1 amide bonds. The molecule has 3 aromatic rings. The van der Waals surface area contributed by atoms with Gasteiger partial charge in [-0.15, -0.1) is 10.2 Å². The Hall–Kier alpha value is -3.02. The average molecular weight is 483 g/mol. The van der Waals surface area contributed by atoms with Crippen molar-refractivity contribution in [1.82, 2.24) is 14.9 Å². The number of hydrogen-bond donors (Lipinski definition) is 2. The van der Waals surface area contributed by atoms with Gasteiger partial charge in [0.25, 0.3) is 5.69 Å². The van der Waals surface area contributed by atoms with E-state index in [2.05, 4.69) is 15.5 Å². The molecular formula is C18H16Cl2N6O4S. The summed E-state index contributed by atoms with van der Waals surface area (Å²) in [5.41, 5.74) is 0.315. The van der Waals surface area contributed by atoms with Crippen LogP contribution in [0.5, 0.6) is 5.75 Å². The molecule has 0 fully saturated rings. The number of nitrogens with zero attached hydrogens (tertiary/aromatic N) is 4. The van der Waals surface area contributed by atoms with Crippen LogP contribution < -0.4 is 15.9 Å². The zero-order valence-electron chi connectivity index (χ0n) is 16.0. The maximum absolute atomic E-state index is 12.3.